The van der Waals surface area contributed by atoms with Crippen LogP contribution in [0.3, 0.4) is 0 Å². The largest absolute Gasteiger partial charge is 0.327 e. The second kappa shape index (κ2) is 8.77. The first-order valence-electron chi connectivity index (χ1n) is 6.61. The molecule has 0 bridgehead atoms. The van der Waals surface area contributed by atoms with Crippen LogP contribution in [-0.4, -0.2) is 6.04 Å². The Labute approximate surface area is 104 Å². The highest BCUT2D eigenvalue weighted by atomic mass is 32.1. The van der Waals surface area contributed by atoms with Gasteiger partial charge in [-0.1, -0.05) is 51.5 Å². The normalized spacial score (nSPS) is 12.9. The summed E-state index contributed by atoms with van der Waals surface area (Å²) in [4.78, 5) is 1.43. The van der Waals surface area contributed by atoms with Crippen molar-refractivity contribution in [1.82, 2.24) is 0 Å². The molecule has 0 aliphatic carbocycles. The summed E-state index contributed by atoms with van der Waals surface area (Å²) in [5.41, 5.74) is 6.11. The molecule has 1 aromatic heterocycles. The van der Waals surface area contributed by atoms with Gasteiger partial charge in [0.2, 0.25) is 0 Å². The fourth-order valence-electron chi connectivity index (χ4n) is 1.98. The first-order chi connectivity index (χ1) is 7.83. The van der Waals surface area contributed by atoms with Gasteiger partial charge in [-0.15, -0.1) is 11.3 Å². The summed E-state index contributed by atoms with van der Waals surface area (Å²) in [5.74, 6) is 0. The predicted octanol–water partition coefficient (Wildman–Crippen LogP) is 4.37. The highest BCUT2D eigenvalue weighted by molar-refractivity contribution is 7.09. The van der Waals surface area contributed by atoms with E-state index in [-0.39, 0.29) is 0 Å². The molecule has 2 heteroatoms. The van der Waals surface area contributed by atoms with Gasteiger partial charge in [0.25, 0.3) is 0 Å². The van der Waals surface area contributed by atoms with Gasteiger partial charge in [0.05, 0.1) is 0 Å². The monoisotopic (exact) mass is 239 g/mol. The molecule has 0 aliphatic heterocycles. The lowest BCUT2D eigenvalue weighted by Gasteiger charge is -2.09. The standard InChI is InChI=1S/C14H25NS/c1-2-3-4-5-6-7-9-13(15)12-14-10-8-11-16-14/h8,10-11,13H,2-7,9,12,15H2,1H3. The fraction of sp³-hybridized carbons (Fsp3) is 0.714. The van der Waals surface area contributed by atoms with Crippen LogP contribution >= 0.6 is 11.3 Å². The Hall–Kier alpha value is -0.340. The summed E-state index contributed by atoms with van der Waals surface area (Å²) in [6, 6.07) is 4.66. The lowest BCUT2D eigenvalue weighted by Crippen LogP contribution is -2.22. The van der Waals surface area contributed by atoms with Gasteiger partial charge in [-0.2, -0.15) is 0 Å². The van der Waals surface area contributed by atoms with E-state index in [1.54, 1.807) is 0 Å². The molecule has 0 spiro atoms. The Morgan fingerprint density at radius 3 is 2.62 bits per heavy atom. The average Bonchev–Trinajstić information content (AvgIpc) is 2.76. The first kappa shape index (κ1) is 13.7. The van der Waals surface area contributed by atoms with Crippen LogP contribution in [0.5, 0.6) is 0 Å². The third-order valence-electron chi connectivity index (χ3n) is 2.97. The minimum Gasteiger partial charge on any atom is -0.327 e. The Morgan fingerprint density at radius 1 is 1.19 bits per heavy atom. The van der Waals surface area contributed by atoms with Gasteiger partial charge in [-0.25, -0.2) is 0 Å². The lowest BCUT2D eigenvalue weighted by molar-refractivity contribution is 0.534. The number of rotatable bonds is 9. The van der Waals surface area contributed by atoms with Gasteiger partial charge < -0.3 is 5.73 Å². The van der Waals surface area contributed by atoms with Crippen LogP contribution in [0.4, 0.5) is 0 Å². The van der Waals surface area contributed by atoms with E-state index in [0.717, 1.165) is 6.42 Å². The average molecular weight is 239 g/mol. The van der Waals surface area contributed by atoms with E-state index in [1.807, 2.05) is 11.3 Å². The van der Waals surface area contributed by atoms with Crippen molar-refractivity contribution in [2.45, 2.75) is 64.3 Å². The number of hydrogen-bond acceptors (Lipinski definition) is 2. The van der Waals surface area contributed by atoms with Crippen molar-refractivity contribution in [3.05, 3.63) is 22.4 Å². The van der Waals surface area contributed by atoms with Crippen molar-refractivity contribution in [2.24, 2.45) is 5.73 Å². The van der Waals surface area contributed by atoms with Crippen LogP contribution in [0.15, 0.2) is 17.5 Å². The van der Waals surface area contributed by atoms with Crippen LogP contribution in [-0.2, 0) is 6.42 Å². The van der Waals surface area contributed by atoms with Gasteiger partial charge in [0.15, 0.2) is 0 Å². The molecule has 16 heavy (non-hydrogen) atoms. The molecule has 1 heterocycles. The predicted molar refractivity (Wildman–Crippen MR) is 74.0 cm³/mol. The summed E-state index contributed by atoms with van der Waals surface area (Å²) in [6.07, 6.45) is 10.4. The highest BCUT2D eigenvalue weighted by Crippen LogP contribution is 2.14. The minimum absolute atomic E-state index is 0.366. The summed E-state index contributed by atoms with van der Waals surface area (Å²) < 4.78 is 0. The maximum atomic E-state index is 6.11. The number of thiophene rings is 1. The van der Waals surface area contributed by atoms with Crippen molar-refractivity contribution in [3.63, 3.8) is 0 Å². The van der Waals surface area contributed by atoms with Crippen molar-refractivity contribution in [1.29, 1.82) is 0 Å². The van der Waals surface area contributed by atoms with Crippen LogP contribution < -0.4 is 5.73 Å². The Bertz CT molecular complexity index is 243. The van der Waals surface area contributed by atoms with E-state index in [2.05, 4.69) is 24.4 Å². The van der Waals surface area contributed by atoms with Crippen LogP contribution in [0.25, 0.3) is 0 Å². The van der Waals surface area contributed by atoms with Crippen LogP contribution in [0.2, 0.25) is 0 Å². The molecule has 0 aliphatic rings. The third-order valence-corrected chi connectivity index (χ3v) is 3.87. The lowest BCUT2D eigenvalue weighted by atomic mass is 10.0. The zero-order valence-electron chi connectivity index (χ0n) is 10.5. The molecule has 0 saturated heterocycles. The zero-order chi connectivity index (χ0) is 11.6. The van der Waals surface area contributed by atoms with E-state index in [9.17, 15) is 0 Å². The quantitative estimate of drug-likeness (QED) is 0.636. The second-order valence-corrected chi connectivity index (χ2v) is 5.63. The van der Waals surface area contributed by atoms with Gasteiger partial charge >= 0.3 is 0 Å². The summed E-state index contributed by atoms with van der Waals surface area (Å²) >= 11 is 1.82. The van der Waals surface area contributed by atoms with E-state index in [1.165, 1.54) is 49.8 Å². The Balaban J connectivity index is 1.96. The third kappa shape index (κ3) is 6.29. The van der Waals surface area contributed by atoms with E-state index in [4.69, 9.17) is 5.73 Å². The minimum atomic E-state index is 0.366. The van der Waals surface area contributed by atoms with Crippen molar-refractivity contribution < 1.29 is 0 Å². The molecule has 1 rings (SSSR count). The second-order valence-electron chi connectivity index (χ2n) is 4.60. The van der Waals surface area contributed by atoms with Gasteiger partial charge in [0.1, 0.15) is 0 Å². The smallest absolute Gasteiger partial charge is 0.00871 e. The molecular formula is C14H25NS. The molecule has 92 valence electrons. The summed E-state index contributed by atoms with van der Waals surface area (Å²) in [5, 5.41) is 2.13. The number of unbranched alkanes of at least 4 members (excludes halogenated alkanes) is 5. The molecule has 2 N–H and O–H groups in total. The molecule has 0 aromatic carbocycles. The maximum Gasteiger partial charge on any atom is 0.00871 e. The molecule has 0 saturated carbocycles. The SMILES string of the molecule is CCCCCCCCC(N)Cc1cccs1. The van der Waals surface area contributed by atoms with Gasteiger partial charge in [0, 0.05) is 10.9 Å². The zero-order valence-corrected chi connectivity index (χ0v) is 11.3. The Kier molecular flexibility index (Phi) is 7.52. The van der Waals surface area contributed by atoms with E-state index < -0.39 is 0 Å². The van der Waals surface area contributed by atoms with Gasteiger partial charge in [-0.05, 0) is 24.3 Å². The first-order valence-corrected chi connectivity index (χ1v) is 7.49. The molecule has 1 aromatic rings. The van der Waals surface area contributed by atoms with Crippen molar-refractivity contribution in [3.8, 4) is 0 Å². The summed E-state index contributed by atoms with van der Waals surface area (Å²) in [7, 11) is 0. The molecule has 1 unspecified atom stereocenters. The molecule has 0 fully saturated rings. The van der Waals surface area contributed by atoms with Crippen molar-refractivity contribution in [2.75, 3.05) is 0 Å². The summed E-state index contributed by atoms with van der Waals surface area (Å²) in [6.45, 7) is 2.26. The van der Waals surface area contributed by atoms with E-state index >= 15 is 0 Å². The Morgan fingerprint density at radius 2 is 1.94 bits per heavy atom. The molecule has 1 atom stereocenters. The van der Waals surface area contributed by atoms with Crippen LogP contribution in [0, 0.1) is 0 Å². The van der Waals surface area contributed by atoms with Crippen molar-refractivity contribution >= 4 is 11.3 Å². The number of nitrogens with two attached hydrogens (primary N) is 1. The van der Waals surface area contributed by atoms with Crippen LogP contribution in [0.1, 0.15) is 56.7 Å². The maximum absolute atomic E-state index is 6.11. The molecule has 1 nitrogen and oxygen atoms in total. The van der Waals surface area contributed by atoms with E-state index in [0.29, 0.717) is 6.04 Å². The van der Waals surface area contributed by atoms with Gasteiger partial charge in [-0.3, -0.25) is 0 Å². The fourth-order valence-corrected chi connectivity index (χ4v) is 2.78. The highest BCUT2D eigenvalue weighted by Gasteiger charge is 2.04. The molecule has 0 amide bonds. The molecule has 0 radical (unpaired) electrons. The number of hydrogen-bond donors (Lipinski definition) is 1. The topological polar surface area (TPSA) is 26.0 Å². The molecular weight excluding hydrogens is 214 g/mol.